The number of amides is 1. The van der Waals surface area contributed by atoms with Crippen LogP contribution >= 0.6 is 0 Å². The maximum absolute atomic E-state index is 12.6. The van der Waals surface area contributed by atoms with Crippen LogP contribution < -0.4 is 35.8 Å². The molecule has 0 fully saturated rings. The molecule has 12 aromatic rings. The van der Waals surface area contributed by atoms with Crippen LogP contribution in [-0.4, -0.2) is 117 Å². The smallest absolute Gasteiger partial charge is 0.311 e. The van der Waals surface area contributed by atoms with E-state index in [9.17, 15) is 29.8 Å². The fourth-order valence-electron chi connectivity index (χ4n) is 10.3. The molecular formula is C68H77N21O8. The van der Waals surface area contributed by atoms with Gasteiger partial charge in [0.15, 0.2) is 46.3 Å². The second kappa shape index (κ2) is 31.6. The van der Waals surface area contributed by atoms with Gasteiger partial charge in [-0.25, -0.2) is 9.97 Å². The van der Waals surface area contributed by atoms with E-state index in [1.165, 1.54) is 74.4 Å². The van der Waals surface area contributed by atoms with Crippen LogP contribution in [0.25, 0.3) is 83.2 Å². The third kappa shape index (κ3) is 16.7. The molecule has 9 heterocycles. The van der Waals surface area contributed by atoms with Crippen molar-refractivity contribution in [2.75, 3.05) is 5.32 Å². The molecule has 1 N–H and O–H groups in total. The van der Waals surface area contributed by atoms with Crippen LogP contribution in [-0.2, 0) is 9.59 Å². The number of nitro benzene ring substituents is 2. The van der Waals surface area contributed by atoms with Crippen LogP contribution in [0.1, 0.15) is 151 Å². The highest BCUT2D eigenvalue weighted by Gasteiger charge is 2.24. The van der Waals surface area contributed by atoms with Gasteiger partial charge in [0.25, 0.3) is 23.1 Å². The Morgan fingerprint density at radius 1 is 0.619 bits per heavy atom. The largest absolute Gasteiger partial charge is 0.480 e. The van der Waals surface area contributed by atoms with Crippen molar-refractivity contribution >= 4 is 78.1 Å². The summed E-state index contributed by atoms with van der Waals surface area (Å²) in [5.41, 5.74) is 6.91. The van der Waals surface area contributed by atoms with E-state index in [1.807, 2.05) is 78.8 Å². The van der Waals surface area contributed by atoms with Crippen molar-refractivity contribution in [2.45, 2.75) is 158 Å². The zero-order valence-electron chi connectivity index (χ0n) is 55.9. The Labute approximate surface area is 557 Å². The maximum Gasteiger partial charge on any atom is 0.311 e. The van der Waals surface area contributed by atoms with E-state index in [0.717, 1.165) is 57.4 Å². The van der Waals surface area contributed by atoms with Crippen LogP contribution in [0.4, 0.5) is 17.2 Å². The molecule has 0 aliphatic rings. The van der Waals surface area contributed by atoms with E-state index >= 15 is 0 Å². The quantitative estimate of drug-likeness (QED) is 0.0193. The molecule has 1 atom stereocenters. The average Bonchev–Trinajstić information content (AvgIpc) is 1.65. The molecule has 0 aliphatic heterocycles. The number of fused-ring (bicyclic) bond motifs is 4. The molecule has 0 saturated carbocycles. The number of nitrogens with zero attached hydrogens (tertiary/aromatic N) is 20. The van der Waals surface area contributed by atoms with Crippen molar-refractivity contribution in [1.29, 1.82) is 0 Å². The summed E-state index contributed by atoms with van der Waals surface area (Å²) in [6, 6.07) is 16.5. The number of nitrogens with one attached hydrogen (secondary N) is 1. The molecule has 9 aromatic heterocycles. The first-order valence-electron chi connectivity index (χ1n) is 32.0. The van der Waals surface area contributed by atoms with Gasteiger partial charge in [0.2, 0.25) is 5.82 Å². The summed E-state index contributed by atoms with van der Waals surface area (Å²) in [6.45, 7) is 33.2. The van der Waals surface area contributed by atoms with Gasteiger partial charge < -0.3 is 14.8 Å². The van der Waals surface area contributed by atoms with Gasteiger partial charge >= 0.3 is 5.97 Å². The molecule has 97 heavy (non-hydrogen) atoms. The van der Waals surface area contributed by atoms with Gasteiger partial charge in [-0.15, -0.1) is 40.8 Å². The molecule has 1 amide bonds. The monoisotopic (exact) mass is 1320 g/mol. The number of imidazole rings is 1. The van der Waals surface area contributed by atoms with Gasteiger partial charge in [0.1, 0.15) is 22.9 Å². The number of hydrogen-bond acceptors (Lipinski definition) is 22. The number of rotatable bonds is 24. The summed E-state index contributed by atoms with van der Waals surface area (Å²) < 4.78 is 17.7. The normalized spacial score (nSPS) is 11.5. The number of unbranched alkanes of at least 4 members (excludes halogenated alkanes) is 10. The van der Waals surface area contributed by atoms with E-state index in [4.69, 9.17) is 9.47 Å². The number of aromatic nitrogens is 18. The second-order valence-electron chi connectivity index (χ2n) is 23.6. The molecular weight excluding hydrogens is 1240 g/mol. The zero-order chi connectivity index (χ0) is 69.6. The molecule has 12 rings (SSSR count). The van der Waals surface area contributed by atoms with Crippen molar-refractivity contribution in [1.82, 2.24) is 89.0 Å². The van der Waals surface area contributed by atoms with Crippen molar-refractivity contribution in [3.8, 4) is 45.7 Å². The van der Waals surface area contributed by atoms with E-state index < -0.39 is 27.3 Å². The minimum Gasteiger partial charge on any atom is -0.480 e. The van der Waals surface area contributed by atoms with Gasteiger partial charge in [-0.1, -0.05) is 136 Å². The first kappa shape index (κ1) is 69.8. The highest BCUT2D eigenvalue weighted by Crippen LogP contribution is 2.29. The first-order valence-corrected chi connectivity index (χ1v) is 32.0. The number of benzene rings is 3. The molecule has 1 unspecified atom stereocenters. The lowest BCUT2D eigenvalue weighted by atomic mass is 10.1. The summed E-state index contributed by atoms with van der Waals surface area (Å²) >= 11 is 0. The van der Waals surface area contributed by atoms with Crippen LogP contribution in [0.3, 0.4) is 0 Å². The zero-order valence-corrected chi connectivity index (χ0v) is 55.9. The van der Waals surface area contributed by atoms with Crippen LogP contribution in [0, 0.1) is 54.8 Å². The van der Waals surface area contributed by atoms with Gasteiger partial charge in [-0.3, -0.25) is 34.8 Å². The van der Waals surface area contributed by atoms with Crippen molar-refractivity contribution in [2.24, 2.45) is 0 Å². The van der Waals surface area contributed by atoms with Crippen LogP contribution in [0.15, 0.2) is 79.3 Å². The minimum atomic E-state index is -0.692. The molecule has 0 bridgehead atoms. The minimum absolute atomic E-state index is 0.105. The van der Waals surface area contributed by atoms with Crippen molar-refractivity contribution in [3.63, 3.8) is 0 Å². The Morgan fingerprint density at radius 2 is 1.21 bits per heavy atom. The third-order valence-electron chi connectivity index (χ3n) is 15.8. The molecule has 29 nitrogen and oxygen atoms in total. The van der Waals surface area contributed by atoms with Crippen LogP contribution in [0.5, 0.6) is 11.5 Å². The molecule has 0 radical (unpaired) electrons. The summed E-state index contributed by atoms with van der Waals surface area (Å²) in [5, 5.41) is 69.0. The topological polar surface area (TPSA) is 349 Å². The lowest BCUT2D eigenvalue weighted by molar-refractivity contribution is -0.394. The predicted molar refractivity (Wildman–Crippen MR) is 366 cm³/mol. The number of nitro groups is 2. The number of hydrogen-bond donors (Lipinski definition) is 1. The number of esters is 1. The standard InChI is InChI=1S/C26H36N4O2.C18H21N5O2.C14H12N6O4.C10H8N6/c1-4-5-6-7-8-9-10-11-12-13-14-15-24(31)32-23-18-16-22(17-19-23)26-28-27-25-20(2)21(3)29-30(25)26;1-6-14(25-15-8-7-10(2)9-11(15)3)18(24)19-16-12(4)17-21-20-13(5)23(17)22-16;1-7(2)13-16-14-15-12(8(3)18(14)17-13)9-4-10(19(21)22)6-11(5-9)20(23)24;1-6-7(2)15-16-9(6)13-14-10(16)8-5-11-3-4-12-8/h16-19H,2,4-15H2,1,3H3;7-9,14H,4,6H2,1-3,5H3,(H,19,22,24);4-7H,3H2,1-2H3;3-5H,1H2,2H3. The number of aryl methyl sites for hydroxylation is 5. The highest BCUT2D eigenvalue weighted by atomic mass is 16.6. The molecule has 3 aromatic carbocycles. The summed E-state index contributed by atoms with van der Waals surface area (Å²) in [4.78, 5) is 62.1. The molecule has 0 spiro atoms. The summed E-state index contributed by atoms with van der Waals surface area (Å²) in [7, 11) is 0. The molecule has 502 valence electrons. The number of carbonyl (C=O) groups excluding carboxylic acids is 2. The lowest BCUT2D eigenvalue weighted by Gasteiger charge is -2.18. The Bertz CT molecular complexity index is 4920. The number of anilines is 1. The number of carbonyl (C=O) groups is 2. The Hall–Kier alpha value is -11.5. The first-order chi connectivity index (χ1) is 46.5. The Kier molecular flexibility index (Phi) is 22.7. The summed E-state index contributed by atoms with van der Waals surface area (Å²) in [6.07, 6.45) is 19.2. The Morgan fingerprint density at radius 3 is 1.76 bits per heavy atom. The average molecular weight is 1320 g/mol. The summed E-state index contributed by atoms with van der Waals surface area (Å²) in [5.74, 6) is 4.06. The highest BCUT2D eigenvalue weighted by molar-refractivity contribution is 5.94. The van der Waals surface area contributed by atoms with Gasteiger partial charge in [-0.05, 0) is 83.4 Å². The lowest BCUT2D eigenvalue weighted by Crippen LogP contribution is -2.34. The van der Waals surface area contributed by atoms with Gasteiger partial charge in [0.05, 0.1) is 44.1 Å². The van der Waals surface area contributed by atoms with E-state index in [0.29, 0.717) is 92.4 Å². The molecule has 0 aliphatic carbocycles. The predicted octanol–water partition coefficient (Wildman–Crippen LogP) is 9.69. The SMILES string of the molecule is C=c1c(-c2cc([N+](=O)[O-])cc([N+](=O)[O-])c2)nc2nc(C(C)C)nn12.C=c1c(C)nn2c(-c3ccc(OC(=O)CCCCCCCCCCCCC)cc3)nnc12.C=c1c(C)nn2c(-c3cnccn3)nnc12.C=c1c(NC(=O)C(CC)Oc2ccc(C)cc2C)nn2c(C)nnc12. The van der Waals surface area contributed by atoms with Crippen LogP contribution in [0.2, 0.25) is 0 Å². The fraction of sp³-hybridized carbons (Fsp3) is 0.353. The maximum atomic E-state index is 12.6. The van der Waals surface area contributed by atoms with Crippen molar-refractivity contribution < 1.29 is 28.9 Å². The second-order valence-corrected chi connectivity index (χ2v) is 23.6. The van der Waals surface area contributed by atoms with Crippen molar-refractivity contribution in [3.05, 3.63) is 155 Å². The number of ether oxygens (including phenoxy) is 2. The molecule has 29 heteroatoms. The van der Waals surface area contributed by atoms with E-state index in [-0.39, 0.29) is 29.1 Å². The number of non-ortho nitro benzene ring substituents is 2. The fourth-order valence-corrected chi connectivity index (χ4v) is 10.3. The third-order valence-corrected chi connectivity index (χ3v) is 15.8. The molecule has 0 saturated heterocycles. The van der Waals surface area contributed by atoms with E-state index in [2.05, 4.69) is 109 Å². The van der Waals surface area contributed by atoms with E-state index in [1.54, 1.807) is 51.2 Å². The Balaban J connectivity index is 0.000000155. The van der Waals surface area contributed by atoms with Gasteiger partial charge in [-0.2, -0.15) is 33.2 Å². The van der Waals surface area contributed by atoms with Gasteiger partial charge in [0, 0.05) is 58.4 Å².